The third-order valence-electron chi connectivity index (χ3n) is 3.52. The number of nitrogens with two attached hydrogens (primary N) is 1. The number of fused-ring (bicyclic) bond motifs is 1. The largest absolute Gasteiger partial charge is 0.394 e. The predicted molar refractivity (Wildman–Crippen MR) is 76.8 cm³/mol. The molecule has 0 aliphatic heterocycles. The standard InChI is InChI=1S/C15H20N2O/c1-11(10-18)17(2)15-8-7-12(9-16)13-5-3-4-6-14(13)15/h3-8,11,18H,9-10,16H2,1-2H3. The van der Waals surface area contributed by atoms with Gasteiger partial charge in [0.05, 0.1) is 6.61 Å². The zero-order valence-electron chi connectivity index (χ0n) is 10.9. The van der Waals surface area contributed by atoms with Gasteiger partial charge in [0.25, 0.3) is 0 Å². The van der Waals surface area contributed by atoms with Crippen LogP contribution in [-0.4, -0.2) is 24.8 Å². The van der Waals surface area contributed by atoms with Gasteiger partial charge in [0.1, 0.15) is 0 Å². The molecule has 0 bridgehead atoms. The van der Waals surface area contributed by atoms with E-state index in [1.165, 1.54) is 10.8 Å². The van der Waals surface area contributed by atoms with E-state index in [4.69, 9.17) is 5.73 Å². The molecule has 0 aromatic heterocycles. The second-order valence-electron chi connectivity index (χ2n) is 4.64. The summed E-state index contributed by atoms with van der Waals surface area (Å²) in [6, 6.07) is 12.5. The molecular formula is C15H20N2O. The molecule has 1 atom stereocenters. The summed E-state index contributed by atoms with van der Waals surface area (Å²) in [6.45, 7) is 2.69. The molecule has 18 heavy (non-hydrogen) atoms. The van der Waals surface area contributed by atoms with Gasteiger partial charge in [0.15, 0.2) is 0 Å². The molecule has 3 N–H and O–H groups in total. The first-order valence-electron chi connectivity index (χ1n) is 6.23. The molecule has 3 nitrogen and oxygen atoms in total. The highest BCUT2D eigenvalue weighted by molar-refractivity contribution is 5.96. The number of aliphatic hydroxyl groups is 1. The van der Waals surface area contributed by atoms with Crippen molar-refractivity contribution in [3.8, 4) is 0 Å². The SMILES string of the molecule is CC(CO)N(C)c1ccc(CN)c2ccccc12. The zero-order chi connectivity index (χ0) is 13.1. The second kappa shape index (κ2) is 5.38. The van der Waals surface area contributed by atoms with E-state index >= 15 is 0 Å². The minimum atomic E-state index is 0.0946. The first-order valence-corrected chi connectivity index (χ1v) is 6.23. The molecule has 0 saturated carbocycles. The van der Waals surface area contributed by atoms with Crippen molar-refractivity contribution in [3.05, 3.63) is 42.0 Å². The summed E-state index contributed by atoms with van der Waals surface area (Å²) in [5, 5.41) is 11.7. The Kier molecular flexibility index (Phi) is 3.84. The topological polar surface area (TPSA) is 49.5 Å². The number of benzene rings is 2. The summed E-state index contributed by atoms with van der Waals surface area (Å²) in [5.41, 5.74) is 8.06. The zero-order valence-corrected chi connectivity index (χ0v) is 10.9. The maximum absolute atomic E-state index is 9.28. The van der Waals surface area contributed by atoms with E-state index in [1.54, 1.807) is 0 Å². The van der Waals surface area contributed by atoms with Crippen LogP contribution in [0.5, 0.6) is 0 Å². The molecule has 0 aliphatic carbocycles. The average molecular weight is 244 g/mol. The number of nitrogens with zero attached hydrogens (tertiary/aromatic N) is 1. The number of rotatable bonds is 4. The Morgan fingerprint density at radius 2 is 1.83 bits per heavy atom. The minimum absolute atomic E-state index is 0.0946. The van der Waals surface area contributed by atoms with Gasteiger partial charge in [-0.25, -0.2) is 0 Å². The molecule has 2 rings (SSSR count). The van der Waals surface area contributed by atoms with Crippen LogP contribution in [0.1, 0.15) is 12.5 Å². The molecule has 2 aromatic carbocycles. The summed E-state index contributed by atoms with van der Waals surface area (Å²) in [6.07, 6.45) is 0. The van der Waals surface area contributed by atoms with E-state index in [0.29, 0.717) is 6.54 Å². The smallest absolute Gasteiger partial charge is 0.0632 e. The molecule has 0 radical (unpaired) electrons. The monoisotopic (exact) mass is 244 g/mol. The Hall–Kier alpha value is -1.58. The van der Waals surface area contributed by atoms with E-state index in [9.17, 15) is 5.11 Å². The third-order valence-corrected chi connectivity index (χ3v) is 3.52. The Labute approximate surface area is 108 Å². The molecular weight excluding hydrogens is 224 g/mol. The fourth-order valence-electron chi connectivity index (χ4n) is 2.19. The highest BCUT2D eigenvalue weighted by Gasteiger charge is 2.12. The number of aliphatic hydroxyl groups excluding tert-OH is 1. The lowest BCUT2D eigenvalue weighted by molar-refractivity contribution is 0.270. The van der Waals surface area contributed by atoms with Crippen LogP contribution in [0, 0.1) is 0 Å². The molecule has 0 aliphatic rings. The van der Waals surface area contributed by atoms with E-state index in [0.717, 1.165) is 11.3 Å². The van der Waals surface area contributed by atoms with Crippen molar-refractivity contribution < 1.29 is 5.11 Å². The van der Waals surface area contributed by atoms with Gasteiger partial charge in [0.2, 0.25) is 0 Å². The van der Waals surface area contributed by atoms with Crippen molar-refractivity contribution in [2.24, 2.45) is 5.73 Å². The molecule has 0 heterocycles. The summed E-state index contributed by atoms with van der Waals surface area (Å²) < 4.78 is 0. The fraction of sp³-hybridized carbons (Fsp3) is 0.333. The van der Waals surface area contributed by atoms with Crippen LogP contribution in [0.3, 0.4) is 0 Å². The molecule has 0 saturated heterocycles. The number of hydrogen-bond donors (Lipinski definition) is 2. The van der Waals surface area contributed by atoms with Gasteiger partial charge in [-0.2, -0.15) is 0 Å². The van der Waals surface area contributed by atoms with Gasteiger partial charge in [-0.3, -0.25) is 0 Å². The van der Waals surface area contributed by atoms with Crippen LogP contribution >= 0.6 is 0 Å². The first-order chi connectivity index (χ1) is 8.69. The summed E-state index contributed by atoms with van der Waals surface area (Å²) >= 11 is 0. The van der Waals surface area contributed by atoms with Gasteiger partial charge in [-0.15, -0.1) is 0 Å². The Morgan fingerprint density at radius 3 is 2.44 bits per heavy atom. The molecule has 0 amide bonds. The number of anilines is 1. The van der Waals surface area contributed by atoms with Gasteiger partial charge in [-0.1, -0.05) is 30.3 Å². The maximum atomic E-state index is 9.28. The van der Waals surface area contributed by atoms with Crippen molar-refractivity contribution in [1.29, 1.82) is 0 Å². The van der Waals surface area contributed by atoms with Crippen LogP contribution in [-0.2, 0) is 6.54 Å². The fourth-order valence-corrected chi connectivity index (χ4v) is 2.19. The van der Waals surface area contributed by atoms with E-state index in [1.807, 2.05) is 26.1 Å². The van der Waals surface area contributed by atoms with E-state index in [2.05, 4.69) is 29.2 Å². The quantitative estimate of drug-likeness (QED) is 0.866. The van der Waals surface area contributed by atoms with Crippen LogP contribution in [0.25, 0.3) is 10.8 Å². The normalized spacial score (nSPS) is 12.7. The van der Waals surface area contributed by atoms with Gasteiger partial charge in [-0.05, 0) is 23.9 Å². The second-order valence-corrected chi connectivity index (χ2v) is 4.64. The lowest BCUT2D eigenvalue weighted by Gasteiger charge is -2.27. The Bertz CT molecular complexity index is 539. The lowest BCUT2D eigenvalue weighted by Crippen LogP contribution is -2.31. The van der Waals surface area contributed by atoms with Gasteiger partial charge < -0.3 is 15.7 Å². The van der Waals surface area contributed by atoms with Crippen LogP contribution in [0.4, 0.5) is 5.69 Å². The van der Waals surface area contributed by atoms with Crippen LogP contribution in [0.2, 0.25) is 0 Å². The first kappa shape index (κ1) is 12.9. The van der Waals surface area contributed by atoms with Crippen molar-refractivity contribution in [1.82, 2.24) is 0 Å². The Balaban J connectivity index is 2.59. The number of hydrogen-bond acceptors (Lipinski definition) is 3. The summed E-state index contributed by atoms with van der Waals surface area (Å²) in [5.74, 6) is 0. The Morgan fingerprint density at radius 1 is 1.17 bits per heavy atom. The highest BCUT2D eigenvalue weighted by Crippen LogP contribution is 2.29. The summed E-state index contributed by atoms with van der Waals surface area (Å²) in [7, 11) is 2.00. The van der Waals surface area contributed by atoms with Crippen LogP contribution < -0.4 is 10.6 Å². The molecule has 1 unspecified atom stereocenters. The van der Waals surface area contributed by atoms with Crippen molar-refractivity contribution in [2.45, 2.75) is 19.5 Å². The van der Waals surface area contributed by atoms with Gasteiger partial charge in [0, 0.05) is 30.7 Å². The highest BCUT2D eigenvalue weighted by atomic mass is 16.3. The molecule has 0 fully saturated rings. The minimum Gasteiger partial charge on any atom is -0.394 e. The van der Waals surface area contributed by atoms with Crippen molar-refractivity contribution >= 4 is 16.5 Å². The molecule has 2 aromatic rings. The third kappa shape index (κ3) is 2.19. The predicted octanol–water partition coefficient (Wildman–Crippen LogP) is 2.12. The van der Waals surface area contributed by atoms with Crippen molar-refractivity contribution in [2.75, 3.05) is 18.6 Å². The van der Waals surface area contributed by atoms with Crippen molar-refractivity contribution in [3.63, 3.8) is 0 Å². The summed E-state index contributed by atoms with van der Waals surface area (Å²) in [4.78, 5) is 2.10. The van der Waals surface area contributed by atoms with Gasteiger partial charge >= 0.3 is 0 Å². The molecule has 0 spiro atoms. The molecule has 96 valence electrons. The molecule has 3 heteroatoms. The lowest BCUT2D eigenvalue weighted by atomic mass is 10.0. The van der Waals surface area contributed by atoms with E-state index in [-0.39, 0.29) is 12.6 Å². The average Bonchev–Trinajstić information content (AvgIpc) is 2.44. The number of likely N-dealkylation sites (N-methyl/N-ethyl adjacent to an activating group) is 1. The van der Waals surface area contributed by atoms with Crippen LogP contribution in [0.15, 0.2) is 36.4 Å². The maximum Gasteiger partial charge on any atom is 0.0632 e. The van der Waals surface area contributed by atoms with E-state index < -0.39 is 0 Å².